The van der Waals surface area contributed by atoms with E-state index in [1.807, 2.05) is 0 Å². The molecule has 0 saturated heterocycles. The number of carboxylic acids is 2. The second kappa shape index (κ2) is 6.29. The first-order chi connectivity index (χ1) is 9.32. The van der Waals surface area contributed by atoms with Gasteiger partial charge in [-0.25, -0.2) is 9.59 Å². The monoisotopic (exact) mass is 301 g/mol. The van der Waals surface area contributed by atoms with Crippen LogP contribution in [0, 0.1) is 10.1 Å². The van der Waals surface area contributed by atoms with Crippen molar-refractivity contribution in [3.63, 3.8) is 0 Å². The van der Waals surface area contributed by atoms with Crippen molar-refractivity contribution in [2.75, 3.05) is 0 Å². The predicted octanol–water partition coefficient (Wildman–Crippen LogP) is 0.346. The van der Waals surface area contributed by atoms with Crippen molar-refractivity contribution in [3.8, 4) is 0 Å². The van der Waals surface area contributed by atoms with Gasteiger partial charge in [0, 0.05) is 6.07 Å². The number of carbonyl (C=O) groups is 2. The van der Waals surface area contributed by atoms with Crippen LogP contribution in [0.4, 0.5) is 5.69 Å². The van der Waals surface area contributed by atoms with Crippen molar-refractivity contribution in [3.05, 3.63) is 38.3 Å². The van der Waals surface area contributed by atoms with Crippen LogP contribution in [-0.4, -0.2) is 32.9 Å². The lowest BCUT2D eigenvalue weighted by Gasteiger charge is -2.00. The Bertz CT molecular complexity index is 619. The third-order valence-electron chi connectivity index (χ3n) is 1.78. The van der Waals surface area contributed by atoms with Gasteiger partial charge in [0.1, 0.15) is 0 Å². The molecule has 1 aromatic heterocycles. The van der Waals surface area contributed by atoms with Crippen LogP contribution in [0.25, 0.3) is 0 Å². The summed E-state index contributed by atoms with van der Waals surface area (Å²) < 4.78 is 0. The summed E-state index contributed by atoms with van der Waals surface area (Å²) in [4.78, 5) is 35.3. The Kier molecular flexibility index (Phi) is 4.75. The van der Waals surface area contributed by atoms with Gasteiger partial charge in [-0.15, -0.1) is 11.3 Å². The van der Waals surface area contributed by atoms with Gasteiger partial charge in [-0.2, -0.15) is 0 Å². The minimum absolute atomic E-state index is 0.0323. The maximum atomic E-state index is 10.7. The number of amidine groups is 1. The molecule has 0 spiro atoms. The van der Waals surface area contributed by atoms with Crippen LogP contribution in [-0.2, 0) is 14.4 Å². The van der Waals surface area contributed by atoms with Crippen LogP contribution in [0.3, 0.4) is 0 Å². The molecule has 1 aromatic rings. The van der Waals surface area contributed by atoms with E-state index in [4.69, 9.17) is 15.9 Å². The molecule has 10 nitrogen and oxygen atoms in total. The number of rotatable bonds is 6. The zero-order chi connectivity index (χ0) is 15.3. The van der Waals surface area contributed by atoms with Crippen LogP contribution >= 0.6 is 11.3 Å². The molecule has 0 atom stereocenters. The van der Waals surface area contributed by atoms with Crippen molar-refractivity contribution in [1.29, 1.82) is 0 Å². The molecule has 0 aliphatic rings. The quantitative estimate of drug-likeness (QED) is 0.169. The van der Waals surface area contributed by atoms with Crippen LogP contribution in [0.1, 0.15) is 4.88 Å². The summed E-state index contributed by atoms with van der Waals surface area (Å²) in [6, 6.07) is 1.19. The normalized spacial score (nSPS) is 12.0. The molecule has 0 radical (unpaired) electrons. The van der Waals surface area contributed by atoms with E-state index in [0.717, 1.165) is 11.3 Å². The summed E-state index contributed by atoms with van der Waals surface area (Å²) in [7, 11) is 0. The second-order valence-electron chi connectivity index (χ2n) is 3.11. The minimum Gasteiger partial charge on any atom is -0.478 e. The molecule has 11 heteroatoms. The summed E-state index contributed by atoms with van der Waals surface area (Å²) in [6.45, 7) is 0. The number of carboxylic acid groups (broad SMARTS) is 2. The number of nitro groups is 1. The van der Waals surface area contributed by atoms with Gasteiger partial charge in [0.2, 0.25) is 5.76 Å². The van der Waals surface area contributed by atoms with Gasteiger partial charge in [-0.1, -0.05) is 5.16 Å². The summed E-state index contributed by atoms with van der Waals surface area (Å²) in [6.07, 6.45) is 0.266. The molecule has 106 valence electrons. The van der Waals surface area contributed by atoms with E-state index >= 15 is 0 Å². The van der Waals surface area contributed by atoms with Crippen LogP contribution in [0.5, 0.6) is 0 Å². The molecule has 0 aliphatic heterocycles. The molecule has 0 amide bonds. The first kappa shape index (κ1) is 15.1. The Balaban J connectivity index is 2.99. The van der Waals surface area contributed by atoms with Gasteiger partial charge in [-0.3, -0.25) is 10.1 Å². The molecular formula is C9H7N3O7S. The van der Waals surface area contributed by atoms with Crippen molar-refractivity contribution >= 4 is 34.8 Å². The highest BCUT2D eigenvalue weighted by Crippen LogP contribution is 2.24. The van der Waals surface area contributed by atoms with E-state index in [9.17, 15) is 19.7 Å². The topological polar surface area (TPSA) is 165 Å². The van der Waals surface area contributed by atoms with Crippen molar-refractivity contribution in [2.45, 2.75) is 0 Å². The highest BCUT2D eigenvalue weighted by molar-refractivity contribution is 7.12. The second-order valence-corrected chi connectivity index (χ2v) is 4.03. The van der Waals surface area contributed by atoms with Crippen molar-refractivity contribution < 1.29 is 29.6 Å². The Morgan fingerprint density at radius 1 is 1.50 bits per heavy atom. The van der Waals surface area contributed by atoms with Gasteiger partial charge in [-0.05, 0) is 5.38 Å². The maximum Gasteiger partial charge on any atom is 0.374 e. The number of nitrogens with zero attached hydrogens (tertiary/aromatic N) is 2. The number of oxime groups is 1. The Morgan fingerprint density at radius 2 is 2.15 bits per heavy atom. The van der Waals surface area contributed by atoms with Gasteiger partial charge in [0.15, 0.2) is 10.7 Å². The largest absolute Gasteiger partial charge is 0.478 e. The Morgan fingerprint density at radius 3 is 2.65 bits per heavy atom. The molecule has 0 aliphatic carbocycles. The van der Waals surface area contributed by atoms with E-state index in [-0.39, 0.29) is 16.6 Å². The number of hydrogen-bond donors (Lipinski definition) is 3. The lowest BCUT2D eigenvalue weighted by Crippen LogP contribution is -2.15. The zero-order valence-corrected chi connectivity index (χ0v) is 10.4. The van der Waals surface area contributed by atoms with E-state index in [0.29, 0.717) is 0 Å². The average molecular weight is 301 g/mol. The maximum absolute atomic E-state index is 10.7. The summed E-state index contributed by atoms with van der Waals surface area (Å²) in [5.41, 5.74) is 5.10. The highest BCUT2D eigenvalue weighted by atomic mass is 32.1. The standard InChI is InChI=1S/C9H7N3O7S/c10-8(7-4(12(17)18)1-2-20-7)11-19-5(9(15)16)3-6(13)14/h1-3H,(H2,10,11)(H,13,14)(H,15,16). The molecule has 1 heterocycles. The van der Waals surface area contributed by atoms with Gasteiger partial charge in [0.25, 0.3) is 5.69 Å². The zero-order valence-electron chi connectivity index (χ0n) is 9.55. The molecule has 0 bridgehead atoms. The number of aliphatic carboxylic acids is 2. The number of thiophene rings is 1. The Labute approximate surface area is 114 Å². The third-order valence-corrected chi connectivity index (χ3v) is 2.71. The van der Waals surface area contributed by atoms with Gasteiger partial charge >= 0.3 is 11.9 Å². The van der Waals surface area contributed by atoms with Gasteiger partial charge < -0.3 is 20.8 Å². The summed E-state index contributed by atoms with van der Waals surface area (Å²) >= 11 is 0.899. The minimum atomic E-state index is -1.68. The third kappa shape index (κ3) is 3.78. The fourth-order valence-corrected chi connectivity index (χ4v) is 1.77. The fourth-order valence-electron chi connectivity index (χ4n) is 1.02. The summed E-state index contributed by atoms with van der Waals surface area (Å²) in [5, 5.41) is 32.3. The predicted molar refractivity (Wildman–Crippen MR) is 66.1 cm³/mol. The molecule has 20 heavy (non-hydrogen) atoms. The highest BCUT2D eigenvalue weighted by Gasteiger charge is 2.19. The lowest BCUT2D eigenvalue weighted by molar-refractivity contribution is -0.384. The molecule has 0 aromatic carbocycles. The van der Waals surface area contributed by atoms with Gasteiger partial charge in [0.05, 0.1) is 11.0 Å². The molecule has 0 unspecified atom stereocenters. The molecule has 0 fully saturated rings. The first-order valence-corrected chi connectivity index (χ1v) is 5.61. The molecule has 4 N–H and O–H groups in total. The van der Waals surface area contributed by atoms with E-state index in [2.05, 4.69) is 9.99 Å². The average Bonchev–Trinajstić information content (AvgIpc) is 2.82. The van der Waals surface area contributed by atoms with E-state index in [1.54, 1.807) is 0 Å². The summed E-state index contributed by atoms with van der Waals surface area (Å²) in [5.74, 6) is -4.66. The SMILES string of the molecule is NC(=NOC(=CC(=O)O)C(=O)O)c1sccc1[N+](=O)[O-]. The molecule has 0 saturated carbocycles. The smallest absolute Gasteiger partial charge is 0.374 e. The molecular weight excluding hydrogens is 294 g/mol. The number of nitrogens with two attached hydrogens (primary N) is 1. The fraction of sp³-hybridized carbons (Fsp3) is 0. The number of hydrogen-bond acceptors (Lipinski definition) is 7. The van der Waals surface area contributed by atoms with Crippen LogP contribution in [0.2, 0.25) is 0 Å². The Hall–Kier alpha value is -2.95. The van der Waals surface area contributed by atoms with E-state index in [1.165, 1.54) is 11.4 Å². The first-order valence-electron chi connectivity index (χ1n) is 4.73. The van der Waals surface area contributed by atoms with Crippen LogP contribution < -0.4 is 5.73 Å². The van der Waals surface area contributed by atoms with E-state index < -0.39 is 28.5 Å². The molecule has 1 rings (SSSR count). The van der Waals surface area contributed by atoms with Crippen LogP contribution in [0.15, 0.2) is 28.4 Å². The van der Waals surface area contributed by atoms with Crippen molar-refractivity contribution in [2.24, 2.45) is 10.9 Å². The van der Waals surface area contributed by atoms with Crippen molar-refractivity contribution in [1.82, 2.24) is 0 Å². The lowest BCUT2D eigenvalue weighted by atomic mass is 10.4.